The molecule has 1 unspecified atom stereocenters. The van der Waals surface area contributed by atoms with Crippen LogP contribution in [0.2, 0.25) is 0 Å². The minimum Gasteiger partial charge on any atom is -0.497 e. The average Bonchev–Trinajstić information content (AvgIpc) is 3.21. The summed E-state index contributed by atoms with van der Waals surface area (Å²) in [5, 5.41) is 5.69. The molecule has 0 radical (unpaired) electrons. The van der Waals surface area contributed by atoms with Gasteiger partial charge in [-0.05, 0) is 61.9 Å². The second-order valence-electron chi connectivity index (χ2n) is 8.41. The standard InChI is InChI=1S/C27H27N3O4/c1-17-8-13-24(18(2)14-17)30-16-19(15-25(30)31)26(32)29-23-7-5-4-6-22(23)27(33)28-20-9-11-21(34-3)12-10-20/h4-14,19H,15-16H2,1-3H3,(H,28,33)(H,29,32). The van der Waals surface area contributed by atoms with Crippen molar-refractivity contribution in [1.29, 1.82) is 0 Å². The molecule has 7 heteroatoms. The van der Waals surface area contributed by atoms with Crippen molar-refractivity contribution in [3.8, 4) is 5.75 Å². The maximum Gasteiger partial charge on any atom is 0.257 e. The molecule has 1 fully saturated rings. The summed E-state index contributed by atoms with van der Waals surface area (Å²) in [5.41, 5.74) is 4.28. The highest BCUT2D eigenvalue weighted by Crippen LogP contribution is 2.29. The molecule has 1 aliphatic rings. The van der Waals surface area contributed by atoms with E-state index >= 15 is 0 Å². The normalized spacial score (nSPS) is 15.2. The summed E-state index contributed by atoms with van der Waals surface area (Å²) in [6.45, 7) is 4.26. The van der Waals surface area contributed by atoms with Crippen molar-refractivity contribution >= 4 is 34.8 Å². The maximum atomic E-state index is 13.0. The van der Waals surface area contributed by atoms with E-state index in [-0.39, 0.29) is 24.1 Å². The van der Waals surface area contributed by atoms with Crippen LogP contribution in [0.5, 0.6) is 5.75 Å². The third-order valence-corrected chi connectivity index (χ3v) is 5.92. The number of benzene rings is 3. The number of para-hydroxylation sites is 1. The van der Waals surface area contributed by atoms with E-state index in [1.807, 2.05) is 32.0 Å². The second-order valence-corrected chi connectivity index (χ2v) is 8.41. The Morgan fingerprint density at radius 2 is 1.71 bits per heavy atom. The van der Waals surface area contributed by atoms with Crippen LogP contribution in [0.3, 0.4) is 0 Å². The summed E-state index contributed by atoms with van der Waals surface area (Å²) < 4.78 is 5.14. The molecule has 1 atom stereocenters. The Hall–Kier alpha value is -4.13. The lowest BCUT2D eigenvalue weighted by atomic mass is 10.1. The molecule has 0 spiro atoms. The van der Waals surface area contributed by atoms with Gasteiger partial charge in [-0.25, -0.2) is 0 Å². The lowest BCUT2D eigenvalue weighted by molar-refractivity contribution is -0.122. The highest BCUT2D eigenvalue weighted by Gasteiger charge is 2.36. The molecule has 1 aliphatic heterocycles. The molecule has 7 nitrogen and oxygen atoms in total. The van der Waals surface area contributed by atoms with Gasteiger partial charge in [0.25, 0.3) is 5.91 Å². The van der Waals surface area contributed by atoms with Gasteiger partial charge < -0.3 is 20.3 Å². The number of hydrogen-bond donors (Lipinski definition) is 2. The number of carbonyl (C=O) groups is 3. The predicted molar refractivity (Wildman–Crippen MR) is 132 cm³/mol. The highest BCUT2D eigenvalue weighted by molar-refractivity contribution is 6.11. The zero-order valence-corrected chi connectivity index (χ0v) is 19.4. The van der Waals surface area contributed by atoms with E-state index in [0.29, 0.717) is 29.2 Å². The van der Waals surface area contributed by atoms with Crippen LogP contribution in [0.1, 0.15) is 27.9 Å². The number of amides is 3. The van der Waals surface area contributed by atoms with Crippen LogP contribution >= 0.6 is 0 Å². The lowest BCUT2D eigenvalue weighted by Crippen LogP contribution is -2.29. The Kier molecular flexibility index (Phi) is 6.63. The molecule has 1 heterocycles. The van der Waals surface area contributed by atoms with Crippen LogP contribution in [-0.2, 0) is 9.59 Å². The number of hydrogen-bond acceptors (Lipinski definition) is 4. The first kappa shape index (κ1) is 23.0. The average molecular weight is 458 g/mol. The summed E-state index contributed by atoms with van der Waals surface area (Å²) in [6, 6.07) is 19.7. The van der Waals surface area contributed by atoms with Gasteiger partial charge in [0.2, 0.25) is 11.8 Å². The molecule has 3 amide bonds. The van der Waals surface area contributed by atoms with Crippen LogP contribution < -0.4 is 20.3 Å². The third kappa shape index (κ3) is 4.93. The summed E-state index contributed by atoms with van der Waals surface area (Å²) >= 11 is 0. The fraction of sp³-hybridized carbons (Fsp3) is 0.222. The highest BCUT2D eigenvalue weighted by atomic mass is 16.5. The van der Waals surface area contributed by atoms with Crippen LogP contribution in [0.4, 0.5) is 17.1 Å². The first-order valence-corrected chi connectivity index (χ1v) is 11.1. The van der Waals surface area contributed by atoms with E-state index in [1.54, 1.807) is 60.5 Å². The van der Waals surface area contributed by atoms with E-state index in [1.165, 1.54) is 0 Å². The molecular formula is C27H27N3O4. The molecule has 2 N–H and O–H groups in total. The van der Waals surface area contributed by atoms with Gasteiger partial charge in [-0.3, -0.25) is 14.4 Å². The van der Waals surface area contributed by atoms with Gasteiger partial charge in [0, 0.05) is 24.3 Å². The Bertz CT molecular complexity index is 1240. The van der Waals surface area contributed by atoms with Crippen LogP contribution in [-0.4, -0.2) is 31.4 Å². The van der Waals surface area contributed by atoms with Crippen molar-refractivity contribution in [2.45, 2.75) is 20.3 Å². The van der Waals surface area contributed by atoms with Gasteiger partial charge in [0.05, 0.1) is 24.3 Å². The summed E-state index contributed by atoms with van der Waals surface area (Å²) in [5.74, 6) is -0.541. The first-order chi connectivity index (χ1) is 16.4. The number of ether oxygens (including phenoxy) is 1. The fourth-order valence-corrected chi connectivity index (χ4v) is 4.12. The summed E-state index contributed by atoms with van der Waals surface area (Å²) in [6.07, 6.45) is 0.124. The maximum absolute atomic E-state index is 13.0. The van der Waals surface area contributed by atoms with Crippen molar-refractivity contribution in [3.05, 3.63) is 83.4 Å². The molecule has 0 aromatic heterocycles. The van der Waals surface area contributed by atoms with Crippen molar-refractivity contribution < 1.29 is 19.1 Å². The van der Waals surface area contributed by atoms with Crippen molar-refractivity contribution in [2.75, 3.05) is 29.2 Å². The van der Waals surface area contributed by atoms with E-state index in [2.05, 4.69) is 10.6 Å². The molecule has 34 heavy (non-hydrogen) atoms. The fourth-order valence-electron chi connectivity index (χ4n) is 4.12. The van der Waals surface area contributed by atoms with E-state index in [9.17, 15) is 14.4 Å². The Balaban J connectivity index is 1.46. The van der Waals surface area contributed by atoms with Gasteiger partial charge in [0.1, 0.15) is 5.75 Å². The number of carbonyl (C=O) groups excluding carboxylic acids is 3. The molecule has 0 aliphatic carbocycles. The molecule has 3 aromatic carbocycles. The number of anilines is 3. The zero-order chi connectivity index (χ0) is 24.2. The van der Waals surface area contributed by atoms with Gasteiger partial charge in [-0.15, -0.1) is 0 Å². The van der Waals surface area contributed by atoms with Crippen molar-refractivity contribution in [1.82, 2.24) is 0 Å². The SMILES string of the molecule is COc1ccc(NC(=O)c2ccccc2NC(=O)C2CC(=O)N(c3ccc(C)cc3C)C2)cc1. The number of nitrogens with one attached hydrogen (secondary N) is 2. The van der Waals surface area contributed by atoms with E-state index < -0.39 is 5.92 Å². The molecule has 174 valence electrons. The summed E-state index contributed by atoms with van der Waals surface area (Å²) in [7, 11) is 1.57. The molecule has 0 bridgehead atoms. The molecule has 1 saturated heterocycles. The van der Waals surface area contributed by atoms with Gasteiger partial charge in [-0.2, -0.15) is 0 Å². The van der Waals surface area contributed by atoms with Crippen LogP contribution in [0.25, 0.3) is 0 Å². The smallest absolute Gasteiger partial charge is 0.257 e. The third-order valence-electron chi connectivity index (χ3n) is 5.92. The molecular weight excluding hydrogens is 430 g/mol. The van der Waals surface area contributed by atoms with E-state index in [4.69, 9.17) is 4.74 Å². The minimum absolute atomic E-state index is 0.0855. The largest absolute Gasteiger partial charge is 0.497 e. The lowest BCUT2D eigenvalue weighted by Gasteiger charge is -2.19. The van der Waals surface area contributed by atoms with Gasteiger partial charge in [0.15, 0.2) is 0 Å². The Morgan fingerprint density at radius 1 is 0.971 bits per heavy atom. The van der Waals surface area contributed by atoms with Crippen molar-refractivity contribution in [2.24, 2.45) is 5.92 Å². The number of aryl methyl sites for hydroxylation is 2. The first-order valence-electron chi connectivity index (χ1n) is 11.1. The van der Waals surface area contributed by atoms with Crippen LogP contribution in [0, 0.1) is 19.8 Å². The minimum atomic E-state index is -0.508. The Labute approximate surface area is 198 Å². The molecule has 4 rings (SSSR count). The number of nitrogens with zero attached hydrogens (tertiary/aromatic N) is 1. The van der Waals surface area contributed by atoms with Gasteiger partial charge in [-0.1, -0.05) is 29.8 Å². The second kappa shape index (κ2) is 9.79. The van der Waals surface area contributed by atoms with Gasteiger partial charge >= 0.3 is 0 Å². The van der Waals surface area contributed by atoms with Crippen molar-refractivity contribution in [3.63, 3.8) is 0 Å². The number of rotatable bonds is 6. The van der Waals surface area contributed by atoms with Crippen LogP contribution in [0.15, 0.2) is 66.7 Å². The number of methoxy groups -OCH3 is 1. The zero-order valence-electron chi connectivity index (χ0n) is 19.4. The van der Waals surface area contributed by atoms with E-state index in [0.717, 1.165) is 16.8 Å². The Morgan fingerprint density at radius 3 is 2.41 bits per heavy atom. The quantitative estimate of drug-likeness (QED) is 0.568. The summed E-state index contributed by atoms with van der Waals surface area (Å²) in [4.78, 5) is 40.3. The molecule has 3 aromatic rings. The predicted octanol–water partition coefficient (Wildman–Crippen LogP) is 4.56. The molecule has 0 saturated carbocycles. The topological polar surface area (TPSA) is 87.7 Å². The monoisotopic (exact) mass is 457 g/mol.